The lowest BCUT2D eigenvalue weighted by atomic mass is 9.99. The van der Waals surface area contributed by atoms with Crippen molar-refractivity contribution >= 4 is 11.9 Å². The van der Waals surface area contributed by atoms with Crippen molar-refractivity contribution in [1.82, 2.24) is 5.32 Å². The Balaban J connectivity index is 4.99. The van der Waals surface area contributed by atoms with Crippen LogP contribution in [0.3, 0.4) is 0 Å². The number of carbonyl (C=O) groups is 2. The molecule has 2 unspecified atom stereocenters. The summed E-state index contributed by atoms with van der Waals surface area (Å²) in [7, 11) is 0. The number of carboxylic acids is 1. The summed E-state index contributed by atoms with van der Waals surface area (Å²) in [6.07, 6.45) is -4.71. The minimum Gasteiger partial charge on any atom is -0.479 e. The lowest BCUT2D eigenvalue weighted by molar-refractivity contribution is -0.207. The molecule has 0 heterocycles. The Morgan fingerprint density at radius 1 is 1.38 bits per heavy atom. The van der Waals surface area contributed by atoms with E-state index in [0.29, 0.717) is 13.3 Å². The van der Waals surface area contributed by atoms with Crippen molar-refractivity contribution in [2.24, 2.45) is 5.92 Å². The van der Waals surface area contributed by atoms with E-state index in [4.69, 9.17) is 5.11 Å². The first-order chi connectivity index (χ1) is 7.06. The quantitative estimate of drug-likeness (QED) is 0.784. The van der Waals surface area contributed by atoms with Gasteiger partial charge >= 0.3 is 12.1 Å². The number of halogens is 3. The second-order valence-corrected chi connectivity index (χ2v) is 3.73. The smallest absolute Gasteiger partial charge is 0.422 e. The highest BCUT2D eigenvalue weighted by Gasteiger charge is 2.58. The van der Waals surface area contributed by atoms with E-state index in [0.717, 1.165) is 0 Å². The van der Waals surface area contributed by atoms with Gasteiger partial charge < -0.3 is 10.4 Å². The van der Waals surface area contributed by atoms with Crippen LogP contribution in [0.1, 0.15) is 27.2 Å². The zero-order valence-electron chi connectivity index (χ0n) is 9.18. The summed E-state index contributed by atoms with van der Waals surface area (Å²) < 4.78 is 37.5. The van der Waals surface area contributed by atoms with Gasteiger partial charge in [-0.2, -0.15) is 13.2 Å². The Morgan fingerprint density at radius 2 is 1.81 bits per heavy atom. The highest BCUT2D eigenvalue weighted by Crippen LogP contribution is 2.30. The van der Waals surface area contributed by atoms with E-state index in [1.165, 1.54) is 12.2 Å². The van der Waals surface area contributed by atoms with Gasteiger partial charge in [0.15, 0.2) is 0 Å². The molecule has 2 atom stereocenters. The number of amides is 1. The highest BCUT2D eigenvalue weighted by atomic mass is 19.4. The first-order valence-electron chi connectivity index (χ1n) is 4.68. The molecule has 2 N–H and O–H groups in total. The average Bonchev–Trinajstić information content (AvgIpc) is 2.14. The summed E-state index contributed by atoms with van der Waals surface area (Å²) >= 11 is 0. The van der Waals surface area contributed by atoms with Crippen molar-refractivity contribution in [3.05, 3.63) is 0 Å². The van der Waals surface area contributed by atoms with E-state index in [2.05, 4.69) is 0 Å². The van der Waals surface area contributed by atoms with Crippen LogP contribution in [0, 0.1) is 5.92 Å². The predicted octanol–water partition coefficient (Wildman–Crippen LogP) is 1.55. The second-order valence-electron chi connectivity index (χ2n) is 3.73. The van der Waals surface area contributed by atoms with Crippen LogP contribution < -0.4 is 5.32 Å². The third-order valence-corrected chi connectivity index (χ3v) is 2.43. The number of hydrogen-bond donors (Lipinski definition) is 2. The molecule has 0 radical (unpaired) electrons. The summed E-state index contributed by atoms with van der Waals surface area (Å²) in [5.41, 5.74) is -3.24. The van der Waals surface area contributed by atoms with Gasteiger partial charge in [0.2, 0.25) is 11.4 Å². The zero-order valence-corrected chi connectivity index (χ0v) is 9.18. The standard InChI is InChI=1S/C9H14F3NO3/c1-4-5(2)6(14)13-8(3,7(15)16)9(10,11)12/h5H,4H2,1-3H3,(H,13,14)(H,15,16). The molecule has 0 aromatic heterocycles. The van der Waals surface area contributed by atoms with Crippen LogP contribution >= 0.6 is 0 Å². The molecular weight excluding hydrogens is 227 g/mol. The minimum absolute atomic E-state index is 0.333. The molecule has 0 aromatic carbocycles. The summed E-state index contributed by atoms with van der Waals surface area (Å²) in [4.78, 5) is 21.8. The van der Waals surface area contributed by atoms with Crippen LogP contribution in [0.2, 0.25) is 0 Å². The van der Waals surface area contributed by atoms with E-state index in [1.54, 1.807) is 6.92 Å². The van der Waals surface area contributed by atoms with Crippen LogP contribution in [-0.4, -0.2) is 28.7 Å². The van der Waals surface area contributed by atoms with Crippen molar-refractivity contribution in [2.45, 2.75) is 38.9 Å². The summed E-state index contributed by atoms with van der Waals surface area (Å²) in [6, 6.07) is 0. The fourth-order valence-corrected chi connectivity index (χ4v) is 0.801. The van der Waals surface area contributed by atoms with Gasteiger partial charge in [-0.15, -0.1) is 0 Å². The Kier molecular flexibility index (Phi) is 4.34. The Hall–Kier alpha value is -1.27. The number of aliphatic carboxylic acids is 1. The van der Waals surface area contributed by atoms with Gasteiger partial charge in [-0.25, -0.2) is 4.79 Å². The number of hydrogen-bond acceptors (Lipinski definition) is 2. The van der Waals surface area contributed by atoms with Gasteiger partial charge in [0.1, 0.15) is 0 Å². The normalized spacial score (nSPS) is 17.4. The summed E-state index contributed by atoms with van der Waals surface area (Å²) in [6.45, 7) is 3.47. The van der Waals surface area contributed by atoms with Crippen molar-refractivity contribution in [3.63, 3.8) is 0 Å². The van der Waals surface area contributed by atoms with Crippen molar-refractivity contribution in [3.8, 4) is 0 Å². The minimum atomic E-state index is -5.04. The first kappa shape index (κ1) is 14.7. The van der Waals surface area contributed by atoms with E-state index < -0.39 is 29.5 Å². The molecule has 4 nitrogen and oxygen atoms in total. The SMILES string of the molecule is CCC(C)C(=O)NC(C)(C(=O)O)C(F)(F)F. The van der Waals surface area contributed by atoms with Crippen LogP contribution in [0.5, 0.6) is 0 Å². The van der Waals surface area contributed by atoms with E-state index >= 15 is 0 Å². The van der Waals surface area contributed by atoms with Gasteiger partial charge in [0.25, 0.3) is 0 Å². The van der Waals surface area contributed by atoms with E-state index in [-0.39, 0.29) is 0 Å². The Morgan fingerprint density at radius 3 is 2.06 bits per heavy atom. The van der Waals surface area contributed by atoms with Crippen LogP contribution in [0.4, 0.5) is 13.2 Å². The molecule has 0 aliphatic rings. The fourth-order valence-electron chi connectivity index (χ4n) is 0.801. The molecule has 16 heavy (non-hydrogen) atoms. The molecule has 0 spiro atoms. The molecule has 0 aromatic rings. The van der Waals surface area contributed by atoms with Crippen LogP contribution in [0.15, 0.2) is 0 Å². The number of carboxylic acid groups (broad SMARTS) is 1. The van der Waals surface area contributed by atoms with Crippen molar-refractivity contribution in [1.29, 1.82) is 0 Å². The van der Waals surface area contributed by atoms with E-state index in [1.807, 2.05) is 0 Å². The molecule has 7 heteroatoms. The third-order valence-electron chi connectivity index (χ3n) is 2.43. The Labute approximate surface area is 90.8 Å². The summed E-state index contributed by atoms with van der Waals surface area (Å²) in [5.74, 6) is -3.72. The number of carbonyl (C=O) groups excluding carboxylic acids is 1. The molecule has 94 valence electrons. The zero-order chi connectivity index (χ0) is 13.1. The molecule has 1 amide bonds. The second kappa shape index (κ2) is 4.71. The van der Waals surface area contributed by atoms with Gasteiger partial charge in [0.05, 0.1) is 0 Å². The molecule has 0 aliphatic heterocycles. The van der Waals surface area contributed by atoms with E-state index in [9.17, 15) is 22.8 Å². The molecule has 0 rings (SSSR count). The number of nitrogens with one attached hydrogen (secondary N) is 1. The third kappa shape index (κ3) is 2.86. The molecule has 0 saturated heterocycles. The monoisotopic (exact) mass is 241 g/mol. The number of rotatable bonds is 4. The Bertz CT molecular complexity index is 290. The maximum Gasteiger partial charge on any atom is 0.422 e. The molecule has 0 fully saturated rings. The van der Waals surface area contributed by atoms with Crippen molar-refractivity contribution < 1.29 is 27.9 Å². The predicted molar refractivity (Wildman–Crippen MR) is 49.7 cm³/mol. The van der Waals surface area contributed by atoms with Crippen LogP contribution in [-0.2, 0) is 9.59 Å². The topological polar surface area (TPSA) is 66.4 Å². The lowest BCUT2D eigenvalue weighted by Crippen LogP contribution is -2.62. The molecule has 0 bridgehead atoms. The fraction of sp³-hybridized carbons (Fsp3) is 0.778. The summed E-state index contributed by atoms with van der Waals surface area (Å²) in [5, 5.41) is 10.1. The first-order valence-corrected chi connectivity index (χ1v) is 4.68. The average molecular weight is 241 g/mol. The largest absolute Gasteiger partial charge is 0.479 e. The lowest BCUT2D eigenvalue weighted by Gasteiger charge is -2.29. The van der Waals surface area contributed by atoms with Crippen LogP contribution in [0.25, 0.3) is 0 Å². The van der Waals surface area contributed by atoms with Crippen molar-refractivity contribution in [2.75, 3.05) is 0 Å². The van der Waals surface area contributed by atoms with Gasteiger partial charge in [-0.05, 0) is 13.3 Å². The van der Waals surface area contributed by atoms with Gasteiger partial charge in [-0.1, -0.05) is 13.8 Å². The maximum absolute atomic E-state index is 12.5. The molecular formula is C9H14F3NO3. The highest BCUT2D eigenvalue weighted by molar-refractivity contribution is 5.88. The van der Waals surface area contributed by atoms with Gasteiger partial charge in [0, 0.05) is 5.92 Å². The van der Waals surface area contributed by atoms with Gasteiger partial charge in [-0.3, -0.25) is 4.79 Å². The maximum atomic E-state index is 12.5. The molecule has 0 saturated carbocycles. The number of alkyl halides is 3. The molecule has 0 aliphatic carbocycles.